The number of nitrogens with one attached hydrogen (secondary N) is 1. The van der Waals surface area contributed by atoms with Crippen LogP contribution in [0.2, 0.25) is 0 Å². The zero-order valence-electron chi connectivity index (χ0n) is 11.5. The molecule has 5 heteroatoms. The molecule has 1 aliphatic rings. The highest BCUT2D eigenvalue weighted by Crippen LogP contribution is 2.29. The highest BCUT2D eigenvalue weighted by molar-refractivity contribution is 5.96. The van der Waals surface area contributed by atoms with Crippen LogP contribution in [0.5, 0.6) is 0 Å². The minimum atomic E-state index is -0.119. The molecule has 3 N–H and O–H groups in total. The first-order valence-electron chi connectivity index (χ1n) is 6.89. The molecule has 1 aromatic carbocycles. The Morgan fingerprint density at radius 2 is 2.30 bits per heavy atom. The van der Waals surface area contributed by atoms with Crippen LogP contribution in [0.15, 0.2) is 30.5 Å². The van der Waals surface area contributed by atoms with Gasteiger partial charge in [0.05, 0.1) is 5.52 Å². The molecule has 1 fully saturated rings. The number of anilines is 2. The van der Waals surface area contributed by atoms with E-state index in [4.69, 9.17) is 5.73 Å². The average Bonchev–Trinajstić information content (AvgIpc) is 2.46. The van der Waals surface area contributed by atoms with Crippen LogP contribution in [0.25, 0.3) is 10.9 Å². The van der Waals surface area contributed by atoms with E-state index < -0.39 is 0 Å². The highest BCUT2D eigenvalue weighted by atomic mass is 16.2. The van der Waals surface area contributed by atoms with Crippen LogP contribution in [0, 0.1) is 0 Å². The second-order valence-corrected chi connectivity index (χ2v) is 5.02. The second-order valence-electron chi connectivity index (χ2n) is 5.02. The van der Waals surface area contributed by atoms with Gasteiger partial charge < -0.3 is 16.0 Å². The molecule has 5 nitrogen and oxygen atoms in total. The largest absolute Gasteiger partial charge is 0.399 e. The molecule has 104 valence electrons. The maximum Gasteiger partial charge on any atom is 0.242 e. The lowest BCUT2D eigenvalue weighted by Gasteiger charge is -2.36. The van der Waals surface area contributed by atoms with Crippen molar-refractivity contribution in [1.82, 2.24) is 10.3 Å². The molecule has 1 amide bonds. The number of nitrogen functional groups attached to an aromatic ring is 1. The van der Waals surface area contributed by atoms with Crippen molar-refractivity contribution < 1.29 is 4.79 Å². The monoisotopic (exact) mass is 270 g/mol. The molecule has 1 saturated heterocycles. The average molecular weight is 270 g/mol. The lowest BCUT2D eigenvalue weighted by Crippen LogP contribution is -2.55. The van der Waals surface area contributed by atoms with E-state index in [1.54, 1.807) is 6.20 Å². The number of amides is 1. The Kier molecular flexibility index (Phi) is 3.18. The number of nitrogens with zero attached hydrogens (tertiary/aromatic N) is 2. The summed E-state index contributed by atoms with van der Waals surface area (Å²) < 4.78 is 0. The molecule has 20 heavy (non-hydrogen) atoms. The third-order valence-electron chi connectivity index (χ3n) is 3.77. The van der Waals surface area contributed by atoms with E-state index in [9.17, 15) is 4.79 Å². The van der Waals surface area contributed by atoms with Crippen LogP contribution in [0.4, 0.5) is 11.4 Å². The number of hydrogen-bond donors (Lipinski definition) is 2. The van der Waals surface area contributed by atoms with E-state index >= 15 is 0 Å². The fourth-order valence-corrected chi connectivity index (χ4v) is 2.81. The van der Waals surface area contributed by atoms with Gasteiger partial charge in [-0.2, -0.15) is 0 Å². The zero-order chi connectivity index (χ0) is 14.1. The van der Waals surface area contributed by atoms with Crippen LogP contribution in [-0.4, -0.2) is 30.0 Å². The lowest BCUT2D eigenvalue weighted by atomic mass is 10.1. The zero-order valence-corrected chi connectivity index (χ0v) is 11.5. The van der Waals surface area contributed by atoms with Crippen molar-refractivity contribution in [2.75, 3.05) is 23.7 Å². The third-order valence-corrected chi connectivity index (χ3v) is 3.77. The second kappa shape index (κ2) is 5.00. The Hall–Kier alpha value is -2.30. The number of nitrogens with two attached hydrogens (primary N) is 1. The molecule has 2 aromatic rings. The number of carbonyl (C=O) groups excluding carboxylic acids is 1. The Balaban J connectivity index is 2.11. The molecular weight excluding hydrogens is 252 g/mol. The summed E-state index contributed by atoms with van der Waals surface area (Å²) in [6.45, 7) is 3.52. The summed E-state index contributed by atoms with van der Waals surface area (Å²) in [5.74, 6) is 0.0964. The predicted octanol–water partition coefficient (Wildman–Crippen LogP) is 1.53. The van der Waals surface area contributed by atoms with Gasteiger partial charge in [-0.15, -0.1) is 0 Å². The van der Waals surface area contributed by atoms with Crippen molar-refractivity contribution in [3.8, 4) is 0 Å². The summed E-state index contributed by atoms with van der Waals surface area (Å²) in [6.07, 6.45) is 2.56. The fourth-order valence-electron chi connectivity index (χ4n) is 2.81. The predicted molar refractivity (Wildman–Crippen MR) is 80.6 cm³/mol. The maximum atomic E-state index is 12.0. The maximum absolute atomic E-state index is 12.0. The first kappa shape index (κ1) is 12.7. The molecule has 1 aliphatic heterocycles. The number of carbonyl (C=O) groups is 1. The van der Waals surface area contributed by atoms with E-state index in [-0.39, 0.29) is 11.9 Å². The molecule has 0 spiro atoms. The number of piperazine rings is 1. The SMILES string of the molecule is CCC1C(=O)NCCN1c1ccnc2cc(N)ccc12. The summed E-state index contributed by atoms with van der Waals surface area (Å²) in [5.41, 5.74) is 8.43. The van der Waals surface area contributed by atoms with Crippen molar-refractivity contribution in [2.24, 2.45) is 0 Å². The minimum Gasteiger partial charge on any atom is -0.399 e. The number of hydrogen-bond acceptors (Lipinski definition) is 4. The summed E-state index contributed by atoms with van der Waals surface area (Å²) in [4.78, 5) is 18.5. The van der Waals surface area contributed by atoms with Crippen molar-refractivity contribution in [1.29, 1.82) is 0 Å². The molecule has 0 aliphatic carbocycles. The summed E-state index contributed by atoms with van der Waals surface area (Å²) >= 11 is 0. The first-order chi connectivity index (χ1) is 9.70. The van der Waals surface area contributed by atoms with Gasteiger partial charge in [0.15, 0.2) is 0 Å². The van der Waals surface area contributed by atoms with Crippen LogP contribution in [0.1, 0.15) is 13.3 Å². The van der Waals surface area contributed by atoms with Crippen LogP contribution < -0.4 is 16.0 Å². The van der Waals surface area contributed by atoms with E-state index in [1.165, 1.54) is 0 Å². The topological polar surface area (TPSA) is 71.2 Å². The van der Waals surface area contributed by atoms with Crippen LogP contribution >= 0.6 is 0 Å². The van der Waals surface area contributed by atoms with Crippen molar-refractivity contribution in [3.63, 3.8) is 0 Å². The van der Waals surface area contributed by atoms with Gasteiger partial charge in [-0.1, -0.05) is 6.92 Å². The Morgan fingerprint density at radius 1 is 1.45 bits per heavy atom. The smallest absolute Gasteiger partial charge is 0.242 e. The van der Waals surface area contributed by atoms with Crippen molar-refractivity contribution in [2.45, 2.75) is 19.4 Å². The van der Waals surface area contributed by atoms with Crippen molar-refractivity contribution >= 4 is 28.2 Å². The van der Waals surface area contributed by atoms with E-state index in [1.807, 2.05) is 31.2 Å². The molecule has 3 rings (SSSR count). The number of benzene rings is 1. The highest BCUT2D eigenvalue weighted by Gasteiger charge is 2.29. The molecular formula is C15H18N4O. The van der Waals surface area contributed by atoms with E-state index in [0.29, 0.717) is 12.2 Å². The van der Waals surface area contributed by atoms with Gasteiger partial charge in [-0.05, 0) is 30.7 Å². The van der Waals surface area contributed by atoms with Crippen molar-refractivity contribution in [3.05, 3.63) is 30.5 Å². The Morgan fingerprint density at radius 3 is 3.10 bits per heavy atom. The summed E-state index contributed by atoms with van der Waals surface area (Å²) in [7, 11) is 0. The van der Waals surface area contributed by atoms with Gasteiger partial charge in [0.1, 0.15) is 6.04 Å². The molecule has 2 heterocycles. The quantitative estimate of drug-likeness (QED) is 0.812. The number of fused-ring (bicyclic) bond motifs is 1. The number of rotatable bonds is 2. The standard InChI is InChI=1S/C15H18N4O/c1-2-13-15(20)18-7-8-19(13)14-5-6-17-12-9-10(16)3-4-11(12)14/h3-6,9,13H,2,7-8,16H2,1H3,(H,18,20). The van der Waals surface area contributed by atoms with Gasteiger partial charge in [0.2, 0.25) is 5.91 Å². The Bertz CT molecular complexity index is 655. The Labute approximate surface area is 117 Å². The molecule has 1 unspecified atom stereocenters. The van der Waals surface area contributed by atoms with Gasteiger partial charge in [-0.25, -0.2) is 0 Å². The summed E-state index contributed by atoms with van der Waals surface area (Å²) in [6, 6.07) is 7.57. The van der Waals surface area contributed by atoms with E-state index in [0.717, 1.165) is 29.6 Å². The molecule has 0 bridgehead atoms. The third kappa shape index (κ3) is 2.05. The normalized spacial score (nSPS) is 19.1. The van der Waals surface area contributed by atoms with Gasteiger partial charge in [0.25, 0.3) is 0 Å². The first-order valence-corrected chi connectivity index (χ1v) is 6.89. The molecule has 1 aromatic heterocycles. The number of pyridine rings is 1. The molecule has 1 atom stereocenters. The molecule has 0 radical (unpaired) electrons. The minimum absolute atomic E-state index is 0.0964. The van der Waals surface area contributed by atoms with Gasteiger partial charge in [-0.3, -0.25) is 9.78 Å². The lowest BCUT2D eigenvalue weighted by molar-refractivity contribution is -0.123. The summed E-state index contributed by atoms with van der Waals surface area (Å²) in [5, 5.41) is 3.96. The van der Waals surface area contributed by atoms with E-state index in [2.05, 4.69) is 15.2 Å². The van der Waals surface area contributed by atoms with Crippen LogP contribution in [0.3, 0.4) is 0 Å². The van der Waals surface area contributed by atoms with Crippen LogP contribution in [-0.2, 0) is 4.79 Å². The van der Waals surface area contributed by atoms with Gasteiger partial charge >= 0.3 is 0 Å². The molecule has 0 saturated carbocycles. The fraction of sp³-hybridized carbons (Fsp3) is 0.333. The number of aromatic nitrogens is 1. The van der Waals surface area contributed by atoms with Gasteiger partial charge in [0, 0.05) is 36.0 Å².